The van der Waals surface area contributed by atoms with Crippen molar-refractivity contribution >= 4 is 28.3 Å². The fourth-order valence-corrected chi connectivity index (χ4v) is 3.97. The number of carbonyl (C=O) groups excluding carboxylic acids is 1. The Morgan fingerprint density at radius 2 is 1.72 bits per heavy atom. The second-order valence-electron chi connectivity index (χ2n) is 7.99. The molecule has 4 heterocycles. The van der Waals surface area contributed by atoms with Crippen molar-refractivity contribution in [3.05, 3.63) is 78.9 Å². The number of piperazine rings is 1. The van der Waals surface area contributed by atoms with Crippen molar-refractivity contribution in [2.75, 3.05) is 43.4 Å². The van der Waals surface area contributed by atoms with Crippen LogP contribution in [0.4, 0.5) is 11.6 Å². The molecule has 1 N–H and O–H groups in total. The molecule has 1 saturated heterocycles. The molecule has 1 aliphatic heterocycles. The highest BCUT2D eigenvalue weighted by Gasteiger charge is 2.19. The van der Waals surface area contributed by atoms with E-state index in [1.165, 1.54) is 0 Å². The second kappa shape index (κ2) is 8.72. The Morgan fingerprint density at radius 3 is 2.47 bits per heavy atom. The molecular formula is C25H24N6O. The van der Waals surface area contributed by atoms with Crippen LogP contribution in [-0.2, 0) is 0 Å². The number of rotatable bonds is 4. The first-order chi connectivity index (χ1) is 15.7. The summed E-state index contributed by atoms with van der Waals surface area (Å²) < 4.78 is 0. The highest BCUT2D eigenvalue weighted by molar-refractivity contribution is 6.05. The second-order valence-corrected chi connectivity index (χ2v) is 7.99. The van der Waals surface area contributed by atoms with Crippen LogP contribution in [-0.4, -0.2) is 59.0 Å². The van der Waals surface area contributed by atoms with Gasteiger partial charge in [0.2, 0.25) is 0 Å². The van der Waals surface area contributed by atoms with E-state index >= 15 is 0 Å². The van der Waals surface area contributed by atoms with Crippen molar-refractivity contribution in [3.8, 4) is 11.1 Å². The van der Waals surface area contributed by atoms with Gasteiger partial charge in [0.25, 0.3) is 5.91 Å². The van der Waals surface area contributed by atoms with Crippen molar-refractivity contribution in [1.29, 1.82) is 0 Å². The molecule has 160 valence electrons. The molecule has 3 aromatic heterocycles. The number of hydrogen-bond donors (Lipinski definition) is 1. The smallest absolute Gasteiger partial charge is 0.256 e. The highest BCUT2D eigenvalue weighted by Crippen LogP contribution is 2.32. The predicted molar refractivity (Wildman–Crippen MR) is 127 cm³/mol. The lowest BCUT2D eigenvalue weighted by Crippen LogP contribution is -2.45. The SMILES string of the molecule is CN1CCN(c2nc(NC(=O)c3ccncc3)cc3cc(-c4cccnc4)ccc23)CC1. The zero-order chi connectivity index (χ0) is 21.9. The first-order valence-electron chi connectivity index (χ1n) is 10.7. The van der Waals surface area contributed by atoms with Gasteiger partial charge >= 0.3 is 0 Å². The van der Waals surface area contributed by atoms with Crippen LogP contribution in [0.25, 0.3) is 21.9 Å². The molecule has 1 amide bonds. The van der Waals surface area contributed by atoms with Crippen LogP contribution >= 0.6 is 0 Å². The molecule has 0 saturated carbocycles. The Hall–Kier alpha value is -3.84. The molecule has 0 bridgehead atoms. The molecule has 1 aliphatic rings. The minimum atomic E-state index is -0.202. The van der Waals surface area contributed by atoms with Crippen molar-refractivity contribution in [2.24, 2.45) is 0 Å². The van der Waals surface area contributed by atoms with Crippen LogP contribution < -0.4 is 10.2 Å². The third-order valence-corrected chi connectivity index (χ3v) is 5.79. The van der Waals surface area contributed by atoms with Gasteiger partial charge in [0.15, 0.2) is 0 Å². The third kappa shape index (κ3) is 4.15. The molecular weight excluding hydrogens is 400 g/mol. The molecule has 0 spiro atoms. The first kappa shape index (κ1) is 20.1. The van der Waals surface area contributed by atoms with E-state index < -0.39 is 0 Å². The number of nitrogens with one attached hydrogen (secondary N) is 1. The van der Waals surface area contributed by atoms with Crippen molar-refractivity contribution < 1.29 is 4.79 Å². The van der Waals surface area contributed by atoms with E-state index in [1.807, 2.05) is 24.4 Å². The van der Waals surface area contributed by atoms with Crippen molar-refractivity contribution in [3.63, 3.8) is 0 Å². The number of likely N-dealkylation sites (N-methyl/N-ethyl adjacent to an activating group) is 1. The lowest BCUT2D eigenvalue weighted by atomic mass is 10.0. The maximum absolute atomic E-state index is 12.8. The number of fused-ring (bicyclic) bond motifs is 1. The molecule has 7 heteroatoms. The maximum atomic E-state index is 12.8. The number of anilines is 2. The highest BCUT2D eigenvalue weighted by atomic mass is 16.1. The Labute approximate surface area is 186 Å². The zero-order valence-electron chi connectivity index (χ0n) is 17.9. The average molecular weight is 425 g/mol. The summed E-state index contributed by atoms with van der Waals surface area (Å²) in [5.41, 5.74) is 2.68. The molecule has 0 radical (unpaired) electrons. The molecule has 5 rings (SSSR count). The van der Waals surface area contributed by atoms with Crippen molar-refractivity contribution in [2.45, 2.75) is 0 Å². The fourth-order valence-electron chi connectivity index (χ4n) is 3.97. The number of pyridine rings is 3. The number of aromatic nitrogens is 3. The number of benzene rings is 1. The zero-order valence-corrected chi connectivity index (χ0v) is 17.9. The minimum Gasteiger partial charge on any atom is -0.353 e. The van der Waals surface area contributed by atoms with Crippen LogP contribution in [0.3, 0.4) is 0 Å². The molecule has 0 unspecified atom stereocenters. The summed E-state index contributed by atoms with van der Waals surface area (Å²) in [6.07, 6.45) is 6.85. The van der Waals surface area contributed by atoms with Crippen molar-refractivity contribution in [1.82, 2.24) is 19.9 Å². The first-order valence-corrected chi connectivity index (χ1v) is 10.7. The van der Waals surface area contributed by atoms with Crippen LogP contribution in [0.1, 0.15) is 10.4 Å². The summed E-state index contributed by atoms with van der Waals surface area (Å²) in [4.78, 5) is 30.5. The molecule has 4 aromatic rings. The molecule has 1 fully saturated rings. The van der Waals surface area contributed by atoms with E-state index in [2.05, 4.69) is 50.3 Å². The standard InChI is InChI=1S/C25H24N6O/c1-30-11-13-31(14-12-30)24-22-5-4-19(20-3-2-8-27-17-20)15-21(22)16-23(28-24)29-25(32)18-6-9-26-10-7-18/h2-10,15-17H,11-14H2,1H3,(H,28,29,32). The van der Waals surface area contributed by atoms with Gasteiger partial charge in [-0.25, -0.2) is 4.98 Å². The van der Waals surface area contributed by atoms with Gasteiger partial charge in [0, 0.05) is 67.5 Å². The lowest BCUT2D eigenvalue weighted by molar-refractivity contribution is 0.102. The fraction of sp³-hybridized carbons (Fsp3) is 0.200. The molecule has 0 aliphatic carbocycles. The average Bonchev–Trinajstić information content (AvgIpc) is 2.85. The van der Waals surface area contributed by atoms with Crippen LogP contribution in [0, 0.1) is 0 Å². The number of hydrogen-bond acceptors (Lipinski definition) is 6. The Morgan fingerprint density at radius 1 is 0.906 bits per heavy atom. The third-order valence-electron chi connectivity index (χ3n) is 5.79. The Kier molecular flexibility index (Phi) is 5.47. The summed E-state index contributed by atoms with van der Waals surface area (Å²) in [5, 5.41) is 5.07. The van der Waals surface area contributed by atoms with E-state index in [-0.39, 0.29) is 5.91 Å². The van der Waals surface area contributed by atoms with Crippen LogP contribution in [0.2, 0.25) is 0 Å². The van der Waals surface area contributed by atoms with E-state index in [0.29, 0.717) is 11.4 Å². The number of amides is 1. The Bertz CT molecular complexity index is 1240. The van der Waals surface area contributed by atoms with Gasteiger partial charge in [-0.3, -0.25) is 14.8 Å². The van der Waals surface area contributed by atoms with Gasteiger partial charge < -0.3 is 15.1 Å². The lowest BCUT2D eigenvalue weighted by Gasteiger charge is -2.34. The van der Waals surface area contributed by atoms with Gasteiger partial charge in [-0.1, -0.05) is 18.2 Å². The topological polar surface area (TPSA) is 74.2 Å². The summed E-state index contributed by atoms with van der Waals surface area (Å²) in [6, 6.07) is 15.7. The predicted octanol–water partition coefficient (Wildman–Crippen LogP) is 3.70. The molecule has 7 nitrogen and oxygen atoms in total. The van der Waals surface area contributed by atoms with Crippen LogP contribution in [0.5, 0.6) is 0 Å². The largest absolute Gasteiger partial charge is 0.353 e. The van der Waals surface area contributed by atoms with Gasteiger partial charge in [-0.2, -0.15) is 0 Å². The van der Waals surface area contributed by atoms with E-state index in [4.69, 9.17) is 4.98 Å². The minimum absolute atomic E-state index is 0.202. The van der Waals surface area contributed by atoms with E-state index in [0.717, 1.165) is 53.9 Å². The van der Waals surface area contributed by atoms with E-state index in [1.54, 1.807) is 30.7 Å². The number of nitrogens with zero attached hydrogens (tertiary/aromatic N) is 5. The van der Waals surface area contributed by atoms with Gasteiger partial charge in [-0.05, 0) is 48.3 Å². The summed E-state index contributed by atoms with van der Waals surface area (Å²) >= 11 is 0. The Balaban J connectivity index is 1.57. The monoisotopic (exact) mass is 424 g/mol. The van der Waals surface area contributed by atoms with Gasteiger partial charge in [0.1, 0.15) is 11.6 Å². The summed E-state index contributed by atoms with van der Waals surface area (Å²) in [6.45, 7) is 3.74. The quantitative estimate of drug-likeness (QED) is 0.539. The van der Waals surface area contributed by atoms with Gasteiger partial charge in [0.05, 0.1) is 0 Å². The van der Waals surface area contributed by atoms with Crippen LogP contribution in [0.15, 0.2) is 73.3 Å². The van der Waals surface area contributed by atoms with Gasteiger partial charge in [-0.15, -0.1) is 0 Å². The molecule has 32 heavy (non-hydrogen) atoms. The van der Waals surface area contributed by atoms with E-state index in [9.17, 15) is 4.79 Å². The molecule has 0 atom stereocenters. The number of carbonyl (C=O) groups is 1. The maximum Gasteiger partial charge on any atom is 0.256 e. The normalized spacial score (nSPS) is 14.5. The summed E-state index contributed by atoms with van der Waals surface area (Å²) in [5.74, 6) is 1.24. The summed E-state index contributed by atoms with van der Waals surface area (Å²) in [7, 11) is 2.13. The molecule has 1 aromatic carbocycles.